The summed E-state index contributed by atoms with van der Waals surface area (Å²) in [5.41, 5.74) is 0. The van der Waals surface area contributed by atoms with E-state index in [1.165, 1.54) is 19.3 Å². The number of likely N-dealkylation sites (tertiary alicyclic amines) is 1. The Hall–Kier alpha value is -0.280. The maximum Gasteiger partial charge on any atom is 0.239 e. The summed E-state index contributed by atoms with van der Waals surface area (Å²) in [6, 6.07) is 0.124. The van der Waals surface area contributed by atoms with E-state index in [-0.39, 0.29) is 18.4 Å². The molecule has 0 radical (unpaired) electrons. The maximum atomic E-state index is 12.1. The van der Waals surface area contributed by atoms with Gasteiger partial charge in [0, 0.05) is 13.1 Å². The largest absolute Gasteiger partial charge is 0.341 e. The molecule has 2 saturated heterocycles. The zero-order valence-corrected chi connectivity index (χ0v) is 10.9. The van der Waals surface area contributed by atoms with Crippen LogP contribution in [0.5, 0.6) is 0 Å². The highest BCUT2D eigenvalue weighted by molar-refractivity contribution is 5.85. The van der Waals surface area contributed by atoms with Crippen molar-refractivity contribution >= 4 is 18.3 Å². The molecular formula is C12H23ClN2O. The number of halogens is 1. The van der Waals surface area contributed by atoms with Crippen LogP contribution in [0.4, 0.5) is 0 Å². The summed E-state index contributed by atoms with van der Waals surface area (Å²) < 4.78 is 0. The third-order valence-electron chi connectivity index (χ3n) is 3.69. The molecule has 0 bridgehead atoms. The minimum Gasteiger partial charge on any atom is -0.341 e. The van der Waals surface area contributed by atoms with Crippen molar-refractivity contribution in [2.45, 2.75) is 45.1 Å². The van der Waals surface area contributed by atoms with Crippen molar-refractivity contribution in [2.75, 3.05) is 19.6 Å². The molecule has 2 fully saturated rings. The lowest BCUT2D eigenvalue weighted by atomic mass is 10.0. The molecule has 1 N–H and O–H groups in total. The fourth-order valence-electron chi connectivity index (χ4n) is 2.60. The molecule has 94 valence electrons. The lowest BCUT2D eigenvalue weighted by molar-refractivity contribution is -0.133. The van der Waals surface area contributed by atoms with Crippen LogP contribution in [0.2, 0.25) is 0 Å². The van der Waals surface area contributed by atoms with Gasteiger partial charge in [-0.05, 0) is 44.6 Å². The third kappa shape index (κ3) is 3.36. The van der Waals surface area contributed by atoms with Crippen molar-refractivity contribution in [1.29, 1.82) is 0 Å². The molecule has 2 atom stereocenters. The molecule has 0 spiro atoms. The number of nitrogens with zero attached hydrogens (tertiary/aromatic N) is 1. The zero-order valence-electron chi connectivity index (χ0n) is 10.1. The number of nitrogens with one attached hydrogen (secondary N) is 1. The molecule has 3 nitrogen and oxygen atoms in total. The fraction of sp³-hybridized carbons (Fsp3) is 0.917. The SMILES string of the molecule is CC1CCCN(C(=O)[C@@H]2CCCN2)CC1.Cl. The lowest BCUT2D eigenvalue weighted by Gasteiger charge is -2.24. The molecule has 2 rings (SSSR count). The quantitative estimate of drug-likeness (QED) is 0.766. The Kier molecular flexibility index (Phi) is 5.56. The van der Waals surface area contributed by atoms with Gasteiger partial charge in [0.1, 0.15) is 0 Å². The van der Waals surface area contributed by atoms with Crippen molar-refractivity contribution in [3.05, 3.63) is 0 Å². The molecule has 0 saturated carbocycles. The molecule has 2 aliphatic rings. The van der Waals surface area contributed by atoms with Crippen LogP contribution in [0.25, 0.3) is 0 Å². The Morgan fingerprint density at radius 3 is 2.69 bits per heavy atom. The predicted octanol–water partition coefficient (Wildman–Crippen LogP) is 1.81. The molecule has 2 heterocycles. The molecule has 0 aromatic heterocycles. The number of carbonyl (C=O) groups excluding carboxylic acids is 1. The first kappa shape index (κ1) is 13.8. The van der Waals surface area contributed by atoms with Crippen LogP contribution in [0.15, 0.2) is 0 Å². The minimum atomic E-state index is 0. The van der Waals surface area contributed by atoms with Gasteiger partial charge < -0.3 is 10.2 Å². The van der Waals surface area contributed by atoms with Gasteiger partial charge in [-0.1, -0.05) is 6.92 Å². The number of hydrogen-bond acceptors (Lipinski definition) is 2. The standard InChI is InChI=1S/C12H22N2O.ClH/c1-10-4-3-8-14(9-6-10)12(15)11-5-2-7-13-11;/h10-11,13H,2-9H2,1H3;1H/t10?,11-;/m0./s1. The van der Waals surface area contributed by atoms with Gasteiger partial charge in [-0.15, -0.1) is 12.4 Å². The first-order valence-electron chi connectivity index (χ1n) is 6.29. The minimum absolute atomic E-state index is 0. The van der Waals surface area contributed by atoms with Crippen molar-refractivity contribution in [3.8, 4) is 0 Å². The highest BCUT2D eigenvalue weighted by atomic mass is 35.5. The van der Waals surface area contributed by atoms with E-state index < -0.39 is 0 Å². The van der Waals surface area contributed by atoms with Gasteiger partial charge in [-0.3, -0.25) is 4.79 Å². The van der Waals surface area contributed by atoms with Crippen LogP contribution in [0.3, 0.4) is 0 Å². The summed E-state index contributed by atoms with van der Waals surface area (Å²) in [7, 11) is 0. The van der Waals surface area contributed by atoms with Gasteiger partial charge >= 0.3 is 0 Å². The molecule has 0 aromatic rings. The number of rotatable bonds is 1. The highest BCUT2D eigenvalue weighted by Crippen LogP contribution is 2.18. The van der Waals surface area contributed by atoms with E-state index >= 15 is 0 Å². The Bertz CT molecular complexity index is 229. The molecule has 1 unspecified atom stereocenters. The van der Waals surface area contributed by atoms with Crippen molar-refractivity contribution in [1.82, 2.24) is 10.2 Å². The smallest absolute Gasteiger partial charge is 0.239 e. The second-order valence-corrected chi connectivity index (χ2v) is 5.01. The summed E-state index contributed by atoms with van der Waals surface area (Å²) in [5, 5.41) is 3.29. The average molecular weight is 247 g/mol. The predicted molar refractivity (Wildman–Crippen MR) is 67.9 cm³/mol. The molecule has 4 heteroatoms. The van der Waals surface area contributed by atoms with Gasteiger partial charge in [0.15, 0.2) is 0 Å². The van der Waals surface area contributed by atoms with Crippen LogP contribution in [0.1, 0.15) is 39.0 Å². The normalized spacial score (nSPS) is 30.7. The Morgan fingerprint density at radius 2 is 2.00 bits per heavy atom. The van der Waals surface area contributed by atoms with Crippen LogP contribution < -0.4 is 5.32 Å². The zero-order chi connectivity index (χ0) is 10.7. The summed E-state index contributed by atoms with van der Waals surface area (Å²) in [6.45, 7) is 5.25. The lowest BCUT2D eigenvalue weighted by Crippen LogP contribution is -2.44. The second kappa shape index (κ2) is 6.45. The second-order valence-electron chi connectivity index (χ2n) is 5.01. The highest BCUT2D eigenvalue weighted by Gasteiger charge is 2.27. The van der Waals surface area contributed by atoms with Crippen LogP contribution in [0, 0.1) is 5.92 Å². The van der Waals surface area contributed by atoms with E-state index in [1.54, 1.807) is 0 Å². The van der Waals surface area contributed by atoms with Crippen molar-refractivity contribution in [3.63, 3.8) is 0 Å². The van der Waals surface area contributed by atoms with Gasteiger partial charge in [0.05, 0.1) is 6.04 Å². The van der Waals surface area contributed by atoms with Crippen LogP contribution in [-0.2, 0) is 4.79 Å². The first-order chi connectivity index (χ1) is 7.27. The molecular weight excluding hydrogens is 224 g/mol. The van der Waals surface area contributed by atoms with Crippen molar-refractivity contribution < 1.29 is 4.79 Å². The van der Waals surface area contributed by atoms with Crippen LogP contribution >= 0.6 is 12.4 Å². The van der Waals surface area contributed by atoms with E-state index in [0.29, 0.717) is 5.91 Å². The summed E-state index contributed by atoms with van der Waals surface area (Å²) >= 11 is 0. The van der Waals surface area contributed by atoms with Crippen molar-refractivity contribution in [2.24, 2.45) is 5.92 Å². The first-order valence-corrected chi connectivity index (χ1v) is 6.29. The summed E-state index contributed by atoms with van der Waals surface area (Å²) in [6.07, 6.45) is 5.82. The monoisotopic (exact) mass is 246 g/mol. The summed E-state index contributed by atoms with van der Waals surface area (Å²) in [5.74, 6) is 1.14. The number of carbonyl (C=O) groups is 1. The fourth-order valence-corrected chi connectivity index (χ4v) is 2.60. The van der Waals surface area contributed by atoms with E-state index in [0.717, 1.165) is 38.4 Å². The third-order valence-corrected chi connectivity index (χ3v) is 3.69. The molecule has 2 aliphatic heterocycles. The van der Waals surface area contributed by atoms with Gasteiger partial charge in [-0.2, -0.15) is 0 Å². The topological polar surface area (TPSA) is 32.3 Å². The number of amides is 1. The summed E-state index contributed by atoms with van der Waals surface area (Å²) in [4.78, 5) is 14.2. The van der Waals surface area contributed by atoms with Gasteiger partial charge in [-0.25, -0.2) is 0 Å². The number of hydrogen-bond donors (Lipinski definition) is 1. The van der Waals surface area contributed by atoms with Crippen LogP contribution in [-0.4, -0.2) is 36.5 Å². The Balaban J connectivity index is 0.00000128. The molecule has 0 aromatic carbocycles. The van der Waals surface area contributed by atoms with E-state index in [9.17, 15) is 4.79 Å². The molecule has 1 amide bonds. The maximum absolute atomic E-state index is 12.1. The van der Waals surface area contributed by atoms with E-state index in [2.05, 4.69) is 17.1 Å². The molecule has 16 heavy (non-hydrogen) atoms. The Morgan fingerprint density at radius 1 is 1.19 bits per heavy atom. The average Bonchev–Trinajstić information content (AvgIpc) is 2.67. The van der Waals surface area contributed by atoms with Gasteiger partial charge in [0.25, 0.3) is 0 Å². The molecule has 0 aliphatic carbocycles. The Labute approximate surface area is 104 Å². The van der Waals surface area contributed by atoms with E-state index in [1.807, 2.05) is 0 Å². The van der Waals surface area contributed by atoms with E-state index in [4.69, 9.17) is 0 Å². The van der Waals surface area contributed by atoms with Gasteiger partial charge in [0.2, 0.25) is 5.91 Å².